The molecule has 0 amide bonds. The molecular weight excluding hydrogens is 515 g/mol. The maximum atomic E-state index is 2.70. The van der Waals surface area contributed by atoms with Crippen LogP contribution >= 0.6 is 0 Å². The first kappa shape index (κ1) is 20.8. The van der Waals surface area contributed by atoms with Crippen LogP contribution in [0, 0.1) is 0 Å². The molecule has 0 aromatic heterocycles. The average Bonchev–Trinajstić information content (AvgIpc) is 3.25. The Morgan fingerprint density at radius 2 is 1.28 bits per heavy atom. The van der Waals surface area contributed by atoms with Gasteiger partial charge in [-0.05, 0) is 0 Å². The van der Waals surface area contributed by atoms with Crippen molar-refractivity contribution in [1.82, 2.24) is 0 Å². The van der Waals surface area contributed by atoms with Gasteiger partial charge in [0.25, 0.3) is 0 Å². The van der Waals surface area contributed by atoms with E-state index in [2.05, 4.69) is 124 Å². The molecule has 2 aromatic rings. The number of rotatable bonds is 4. The number of benzene rings is 2. The fraction of sp³-hybridized carbons (Fsp3) is 0.357. The van der Waals surface area contributed by atoms with Crippen LogP contribution in [0.4, 0.5) is 0 Å². The zero-order chi connectivity index (χ0) is 21.5. The van der Waals surface area contributed by atoms with Gasteiger partial charge in [0.05, 0.1) is 0 Å². The van der Waals surface area contributed by atoms with Gasteiger partial charge >= 0.3 is 166 Å². The second-order valence-corrected chi connectivity index (χ2v) is 129. The van der Waals surface area contributed by atoms with Crippen molar-refractivity contribution >= 4 is 6.08 Å². The molecule has 0 bridgehead atoms. The summed E-state index contributed by atoms with van der Waals surface area (Å²) in [7, 11) is 0. The van der Waals surface area contributed by atoms with E-state index in [1.165, 1.54) is 16.7 Å². The number of hydrogen-bond donors (Lipinski definition) is 0. The van der Waals surface area contributed by atoms with E-state index in [1.54, 1.807) is 0 Å². The molecule has 4 rings (SSSR count). The molecule has 2 aliphatic carbocycles. The maximum absolute atomic E-state index is 5.69. The summed E-state index contributed by atoms with van der Waals surface area (Å²) < 4.78 is 19.1. The van der Waals surface area contributed by atoms with Gasteiger partial charge in [-0.3, -0.25) is 0 Å². The Labute approximate surface area is 165 Å². The Kier molecular flexibility index (Phi) is 2.64. The predicted octanol–water partition coefficient (Wildman–Crippen LogP) is 9.24. The van der Waals surface area contributed by atoms with Crippen molar-refractivity contribution in [3.63, 3.8) is 0 Å². The fourth-order valence-electron chi connectivity index (χ4n) is 6.94. The van der Waals surface area contributed by atoms with Crippen molar-refractivity contribution in [3.8, 4) is 0 Å². The van der Waals surface area contributed by atoms with E-state index >= 15 is 0 Å². The summed E-state index contributed by atoms with van der Waals surface area (Å²) in [6, 6.07) is 20.2. The molecule has 0 heterocycles. The van der Waals surface area contributed by atoms with Gasteiger partial charge in [0.2, 0.25) is 0 Å². The van der Waals surface area contributed by atoms with Crippen LogP contribution in [0.1, 0.15) is 16.7 Å². The summed E-state index contributed by atoms with van der Waals surface area (Å²) in [6.07, 6.45) is 15.4. The number of hydrogen-bond acceptors (Lipinski definition) is 0. The predicted molar refractivity (Wildman–Crippen MR) is 130 cm³/mol. The fourth-order valence-corrected chi connectivity index (χ4v) is 38.8. The van der Waals surface area contributed by atoms with Gasteiger partial charge < -0.3 is 0 Å². The van der Waals surface area contributed by atoms with Crippen LogP contribution < -0.4 is 0 Å². The molecule has 29 heavy (non-hydrogen) atoms. The first-order valence-corrected chi connectivity index (χ1v) is 40.3. The summed E-state index contributed by atoms with van der Waals surface area (Å²) in [5, 5.41) is 0. The van der Waals surface area contributed by atoms with Crippen LogP contribution in [-0.4, -0.2) is 0 Å². The Bertz CT molecular complexity index is 1160. The average molecular weight is 554 g/mol. The molecular formula is C28H39Hf. The van der Waals surface area contributed by atoms with E-state index in [9.17, 15) is 0 Å². The van der Waals surface area contributed by atoms with E-state index in [-0.39, 0.29) is 3.17 Å². The summed E-state index contributed by atoms with van der Waals surface area (Å²) in [6.45, 7) is 0. The van der Waals surface area contributed by atoms with Crippen molar-refractivity contribution in [2.75, 3.05) is 0 Å². The topological polar surface area (TPSA) is 0 Å². The molecule has 0 saturated carbocycles. The Morgan fingerprint density at radius 1 is 0.724 bits per heavy atom. The third-order valence-electron chi connectivity index (χ3n) is 9.94. The first-order chi connectivity index (χ1) is 12.8. The van der Waals surface area contributed by atoms with Crippen LogP contribution in [-0.2, 0) is 22.2 Å². The van der Waals surface area contributed by atoms with Crippen molar-refractivity contribution in [2.45, 2.75) is 46.0 Å². The standard InChI is InChI=1S/C16H13.C5H5.7CH3.Hf/c1-2-6-13(7-3-1)12-15-11-10-14-8-4-5-9-16(14)15;1-2-4-5-3-1;;;;;;;;/h1-11H,12H2;1-5H;7*1H3;. The third-order valence-corrected chi connectivity index (χ3v) is 55.8. The Balaban J connectivity index is 2.24. The molecule has 0 saturated heterocycles. The molecule has 0 nitrogen and oxygen atoms in total. The van der Waals surface area contributed by atoms with Gasteiger partial charge in [-0.2, -0.15) is 0 Å². The molecule has 2 aromatic carbocycles. The van der Waals surface area contributed by atoms with Crippen LogP contribution in [0.3, 0.4) is 0 Å². The summed E-state index contributed by atoms with van der Waals surface area (Å²) in [4.78, 5) is 0. The molecule has 1 atom stereocenters. The minimum absolute atomic E-state index is 0.136. The second kappa shape index (κ2) is 3.68. The zero-order valence-electron chi connectivity index (χ0n) is 19.4. The summed E-state index contributed by atoms with van der Waals surface area (Å²) in [5.41, 5.74) is 4.25. The number of fused-ring (bicyclic) bond motifs is 1. The molecule has 0 N–H and O–H groups in total. The second-order valence-electron chi connectivity index (χ2n) is 20.3. The van der Waals surface area contributed by atoms with Gasteiger partial charge in [-0.15, -0.1) is 0 Å². The number of allylic oxidation sites excluding steroid dienone is 5. The molecule has 0 aliphatic heterocycles. The third kappa shape index (κ3) is 2.40. The van der Waals surface area contributed by atoms with E-state index in [0.717, 1.165) is 6.42 Å². The van der Waals surface area contributed by atoms with E-state index in [1.807, 2.05) is 0 Å². The Hall–Kier alpha value is -1.47. The van der Waals surface area contributed by atoms with Crippen molar-refractivity contribution in [3.05, 3.63) is 102 Å². The summed E-state index contributed by atoms with van der Waals surface area (Å²) in [5.74, 6) is 0. The van der Waals surface area contributed by atoms with Crippen LogP contribution in [0.5, 0.6) is 0 Å². The van der Waals surface area contributed by atoms with Gasteiger partial charge in [0, 0.05) is 0 Å². The van der Waals surface area contributed by atoms with Crippen LogP contribution in [0.25, 0.3) is 6.08 Å². The van der Waals surface area contributed by atoms with Gasteiger partial charge in [-0.1, -0.05) is 0 Å². The van der Waals surface area contributed by atoms with E-state index in [0.29, 0.717) is 3.67 Å². The van der Waals surface area contributed by atoms with Crippen molar-refractivity contribution in [1.29, 1.82) is 0 Å². The Morgan fingerprint density at radius 3 is 1.90 bits per heavy atom. The molecule has 0 fully saturated rings. The van der Waals surface area contributed by atoms with E-state index in [4.69, 9.17) is 0 Å². The first-order valence-electron chi connectivity index (χ1n) is 11.3. The molecule has 155 valence electrons. The van der Waals surface area contributed by atoms with Gasteiger partial charge in [0.1, 0.15) is 0 Å². The minimum atomic E-state index is -5.69. The van der Waals surface area contributed by atoms with Crippen molar-refractivity contribution < 1.29 is 12.6 Å². The van der Waals surface area contributed by atoms with Crippen LogP contribution in [0.15, 0.2) is 85.0 Å². The van der Waals surface area contributed by atoms with Crippen molar-refractivity contribution in [2.24, 2.45) is 0 Å². The SMILES string of the molecule is [CH3][Hf]([CH3])([CH3])([CH3])([CH3])([CH3])([CH3])([CH]1C=CC=C1)[C]1(Cc2ccccc2)C=Cc2ccccc21. The van der Waals surface area contributed by atoms with Crippen LogP contribution in [0.2, 0.25) is 36.4 Å². The molecule has 1 unspecified atom stereocenters. The molecule has 2 aliphatic rings. The summed E-state index contributed by atoms with van der Waals surface area (Å²) >= 11 is -5.69. The molecule has 1 heteroatoms. The molecule has 0 spiro atoms. The van der Waals surface area contributed by atoms with Gasteiger partial charge in [-0.25, -0.2) is 0 Å². The molecule has 0 radical (unpaired) electrons. The normalized spacial score (nSPS) is 28.4. The monoisotopic (exact) mass is 555 g/mol. The van der Waals surface area contributed by atoms with E-state index < -0.39 is 12.6 Å². The quantitative estimate of drug-likeness (QED) is 0.331. The zero-order valence-corrected chi connectivity index (χ0v) is 23.0. The van der Waals surface area contributed by atoms with Gasteiger partial charge in [0.15, 0.2) is 0 Å².